The van der Waals surface area contributed by atoms with Crippen molar-refractivity contribution in [2.24, 2.45) is 0 Å². The molecule has 1 fully saturated rings. The van der Waals surface area contributed by atoms with Crippen molar-refractivity contribution in [2.45, 2.75) is 37.7 Å². The number of piperidine rings is 1. The van der Waals surface area contributed by atoms with Gasteiger partial charge in [-0.2, -0.15) is 0 Å². The molecule has 1 N–H and O–H groups in total. The Kier molecular flexibility index (Phi) is 5.11. The third kappa shape index (κ3) is 4.08. The molecular formula is C19H28N2O3. The minimum absolute atomic E-state index is 0.00188. The molecule has 0 aliphatic carbocycles. The van der Waals surface area contributed by atoms with Crippen LogP contribution in [0.15, 0.2) is 18.2 Å². The Morgan fingerprint density at radius 3 is 3.04 bits per heavy atom. The summed E-state index contributed by atoms with van der Waals surface area (Å²) in [5.41, 5.74) is 1.74. The number of rotatable bonds is 5. The van der Waals surface area contributed by atoms with Gasteiger partial charge in [0.2, 0.25) is 5.91 Å². The van der Waals surface area contributed by atoms with Crippen molar-refractivity contribution in [2.75, 3.05) is 40.3 Å². The molecule has 132 valence electrons. The van der Waals surface area contributed by atoms with Crippen molar-refractivity contribution in [1.29, 1.82) is 0 Å². The van der Waals surface area contributed by atoms with Gasteiger partial charge in [0.1, 0.15) is 5.75 Å². The molecular weight excluding hydrogens is 304 g/mol. The van der Waals surface area contributed by atoms with Crippen LogP contribution in [0.3, 0.4) is 0 Å². The van der Waals surface area contributed by atoms with E-state index in [0.717, 1.165) is 44.7 Å². The highest BCUT2D eigenvalue weighted by molar-refractivity contribution is 5.76. The Balaban J connectivity index is 1.54. The lowest BCUT2D eigenvalue weighted by Gasteiger charge is -2.39. The summed E-state index contributed by atoms with van der Waals surface area (Å²) in [5.74, 6) is 1.02. The monoisotopic (exact) mass is 332 g/mol. The van der Waals surface area contributed by atoms with Crippen LogP contribution in [0.25, 0.3) is 0 Å². The molecule has 1 atom stereocenters. The number of fused-ring (bicyclic) bond motifs is 1. The number of nitrogens with zero attached hydrogens (tertiary/aromatic N) is 2. The molecule has 0 aromatic heterocycles. The van der Waals surface area contributed by atoms with Crippen molar-refractivity contribution in [1.82, 2.24) is 9.80 Å². The van der Waals surface area contributed by atoms with Gasteiger partial charge in [0.15, 0.2) is 0 Å². The predicted molar refractivity (Wildman–Crippen MR) is 93.3 cm³/mol. The maximum absolute atomic E-state index is 11.9. The van der Waals surface area contributed by atoms with Gasteiger partial charge in [0.05, 0.1) is 18.6 Å². The van der Waals surface area contributed by atoms with Gasteiger partial charge >= 0.3 is 0 Å². The van der Waals surface area contributed by atoms with Crippen LogP contribution in [0.1, 0.15) is 30.4 Å². The third-order valence-electron chi connectivity index (χ3n) is 5.08. The first-order chi connectivity index (χ1) is 11.5. The molecule has 5 heteroatoms. The van der Waals surface area contributed by atoms with Gasteiger partial charge in [-0.25, -0.2) is 0 Å². The minimum atomic E-state index is -0.884. The SMILES string of the molecule is CN(C)C(=O)CC1(O)CCCN(CCc2ccc3c(c2)CCO3)C1. The van der Waals surface area contributed by atoms with E-state index >= 15 is 0 Å². The van der Waals surface area contributed by atoms with E-state index in [4.69, 9.17) is 4.74 Å². The lowest BCUT2D eigenvalue weighted by atomic mass is 9.89. The number of ether oxygens (including phenoxy) is 1. The summed E-state index contributed by atoms with van der Waals surface area (Å²) >= 11 is 0. The molecule has 0 saturated carbocycles. The van der Waals surface area contributed by atoms with E-state index in [0.29, 0.717) is 13.0 Å². The van der Waals surface area contributed by atoms with Crippen molar-refractivity contribution in [3.63, 3.8) is 0 Å². The zero-order valence-corrected chi connectivity index (χ0v) is 14.8. The Morgan fingerprint density at radius 2 is 2.25 bits per heavy atom. The van der Waals surface area contributed by atoms with E-state index in [1.165, 1.54) is 11.1 Å². The second-order valence-corrected chi connectivity index (χ2v) is 7.36. The Bertz CT molecular complexity index is 602. The molecule has 2 aliphatic heterocycles. The highest BCUT2D eigenvalue weighted by atomic mass is 16.5. The Morgan fingerprint density at radius 1 is 1.42 bits per heavy atom. The zero-order valence-electron chi connectivity index (χ0n) is 14.8. The van der Waals surface area contributed by atoms with Crippen LogP contribution in [-0.2, 0) is 17.6 Å². The molecule has 1 saturated heterocycles. The molecule has 0 radical (unpaired) electrons. The zero-order chi connectivity index (χ0) is 17.2. The van der Waals surface area contributed by atoms with Gasteiger partial charge in [0.25, 0.3) is 0 Å². The summed E-state index contributed by atoms with van der Waals surface area (Å²) in [5, 5.41) is 10.8. The van der Waals surface area contributed by atoms with E-state index in [1.54, 1.807) is 19.0 Å². The quantitative estimate of drug-likeness (QED) is 0.887. The van der Waals surface area contributed by atoms with Gasteiger partial charge < -0.3 is 19.6 Å². The first-order valence-electron chi connectivity index (χ1n) is 8.85. The molecule has 0 bridgehead atoms. The standard InChI is InChI=1S/C19H28N2O3/c1-20(2)18(22)13-19(23)8-3-9-21(14-19)10-6-15-4-5-17-16(12-15)7-11-24-17/h4-5,12,23H,3,6-11,13-14H2,1-2H3. The predicted octanol–water partition coefficient (Wildman–Crippen LogP) is 1.47. The first-order valence-corrected chi connectivity index (χ1v) is 8.85. The lowest BCUT2D eigenvalue weighted by Crippen LogP contribution is -2.50. The molecule has 1 aromatic carbocycles. The summed E-state index contributed by atoms with van der Waals surface area (Å²) in [6.45, 7) is 3.28. The van der Waals surface area contributed by atoms with Gasteiger partial charge in [-0.05, 0) is 43.0 Å². The first kappa shape index (κ1) is 17.2. The number of carbonyl (C=O) groups is 1. The summed E-state index contributed by atoms with van der Waals surface area (Å²) in [6.07, 6.45) is 3.82. The average Bonchev–Trinajstić information content (AvgIpc) is 3.00. The molecule has 24 heavy (non-hydrogen) atoms. The molecule has 1 amide bonds. The normalized spacial score (nSPS) is 23.6. The average molecular weight is 332 g/mol. The number of hydrogen-bond donors (Lipinski definition) is 1. The number of amides is 1. The lowest BCUT2D eigenvalue weighted by molar-refractivity contribution is -0.136. The van der Waals surface area contributed by atoms with E-state index < -0.39 is 5.60 Å². The number of likely N-dealkylation sites (tertiary alicyclic amines) is 1. The van der Waals surface area contributed by atoms with Gasteiger partial charge in [-0.15, -0.1) is 0 Å². The van der Waals surface area contributed by atoms with E-state index in [9.17, 15) is 9.90 Å². The number of aliphatic hydroxyl groups is 1. The number of β-amino-alcohol motifs (C(OH)–C–C–N with tert-alkyl or cyclic N) is 1. The molecule has 5 nitrogen and oxygen atoms in total. The number of benzene rings is 1. The molecule has 1 aromatic rings. The fraction of sp³-hybridized carbons (Fsp3) is 0.632. The van der Waals surface area contributed by atoms with E-state index in [2.05, 4.69) is 23.1 Å². The fourth-order valence-electron chi connectivity index (χ4n) is 3.66. The fourth-order valence-corrected chi connectivity index (χ4v) is 3.66. The second kappa shape index (κ2) is 7.11. The molecule has 2 heterocycles. The summed E-state index contributed by atoms with van der Waals surface area (Å²) in [4.78, 5) is 15.8. The molecule has 1 unspecified atom stereocenters. The maximum atomic E-state index is 11.9. The summed E-state index contributed by atoms with van der Waals surface area (Å²) < 4.78 is 5.55. The second-order valence-electron chi connectivity index (χ2n) is 7.36. The van der Waals surface area contributed by atoms with Crippen LogP contribution in [0, 0.1) is 0 Å². The van der Waals surface area contributed by atoms with Crippen molar-refractivity contribution < 1.29 is 14.6 Å². The number of carbonyl (C=O) groups excluding carboxylic acids is 1. The van der Waals surface area contributed by atoms with E-state index in [-0.39, 0.29) is 12.3 Å². The van der Waals surface area contributed by atoms with Gasteiger partial charge in [-0.1, -0.05) is 12.1 Å². The van der Waals surface area contributed by atoms with Crippen molar-refractivity contribution in [3.8, 4) is 5.75 Å². The van der Waals surface area contributed by atoms with Crippen LogP contribution >= 0.6 is 0 Å². The molecule has 3 rings (SSSR count). The van der Waals surface area contributed by atoms with E-state index in [1.807, 2.05) is 0 Å². The molecule has 0 spiro atoms. The topological polar surface area (TPSA) is 53.0 Å². The van der Waals surface area contributed by atoms with Gasteiger partial charge in [0, 0.05) is 33.6 Å². The molecule has 2 aliphatic rings. The summed E-state index contributed by atoms with van der Waals surface area (Å²) in [7, 11) is 3.48. The highest BCUT2D eigenvalue weighted by Gasteiger charge is 2.35. The maximum Gasteiger partial charge on any atom is 0.224 e. The Labute approximate surface area is 144 Å². The van der Waals surface area contributed by atoms with Crippen LogP contribution in [-0.4, -0.2) is 66.8 Å². The van der Waals surface area contributed by atoms with Crippen molar-refractivity contribution >= 4 is 5.91 Å². The summed E-state index contributed by atoms with van der Waals surface area (Å²) in [6, 6.07) is 6.45. The van der Waals surface area contributed by atoms with Crippen molar-refractivity contribution in [3.05, 3.63) is 29.3 Å². The smallest absolute Gasteiger partial charge is 0.224 e. The highest BCUT2D eigenvalue weighted by Crippen LogP contribution is 2.27. The van der Waals surface area contributed by atoms with Gasteiger partial charge in [-0.3, -0.25) is 4.79 Å². The third-order valence-corrected chi connectivity index (χ3v) is 5.08. The number of hydrogen-bond acceptors (Lipinski definition) is 4. The van der Waals surface area contributed by atoms with Crippen LogP contribution in [0.2, 0.25) is 0 Å². The minimum Gasteiger partial charge on any atom is -0.493 e. The Hall–Kier alpha value is -1.59. The largest absolute Gasteiger partial charge is 0.493 e. The van der Waals surface area contributed by atoms with Crippen LogP contribution < -0.4 is 4.74 Å². The van der Waals surface area contributed by atoms with Crippen LogP contribution in [0.5, 0.6) is 5.75 Å². The van der Waals surface area contributed by atoms with Crippen LogP contribution in [0.4, 0.5) is 0 Å².